The molecule has 21 nitrogen and oxygen atoms in total. The fourth-order valence-corrected chi connectivity index (χ4v) is 9.97. The third kappa shape index (κ3) is 17.7. The van der Waals surface area contributed by atoms with Crippen LogP contribution in [-0.2, 0) is 29.2 Å². The van der Waals surface area contributed by atoms with E-state index >= 15 is 0 Å². The van der Waals surface area contributed by atoms with Gasteiger partial charge in [0.25, 0.3) is 12.4 Å². The SMILES string of the molecule is CNCCNCc1ccc(C=O)nc1.CNc1cccc(-c2cccc(NC(=O)c3ccc(CN4CCCCC4)cn3)c2Cl)c1C.Cc1c(C#N)cccc1-c1cc(-c2cn(Cc3cccc(C(C)N4CC(C=O)C4)n3)nn2)nc(N)n1.O=CO. The smallest absolute Gasteiger partial charge is 0.290 e. The third-order valence-electron chi connectivity index (χ3n) is 14.4. The summed E-state index contributed by atoms with van der Waals surface area (Å²) in [6.45, 7) is 13.6. The number of nitrogens with one attached hydrogen (secondary N) is 4. The fourth-order valence-electron chi connectivity index (χ4n) is 9.69. The second kappa shape index (κ2) is 32.0. The number of pyridine rings is 3. The molecule has 7 N–H and O–H groups in total. The first-order valence-electron chi connectivity index (χ1n) is 27.9. The standard InChI is InChI=1S/C26H29ClN4O.C26H25N9O.C10H15N3O.CH2O2/c1-18-20(8-6-10-22(18)28-2)21-9-7-11-23(25(21)27)30-26(32)24-13-12-19(16-29-24)17-31-14-4-3-5-15-31;1-16-19(10-27)5-3-7-21(16)23-9-24(31-26(28)30-23)25-14-35(33-32-25)13-20-6-4-8-22(29-20)17(2)34-11-18(12-34)15-36;1-11-4-5-12-6-9-2-3-10(8-14)13-7-9;2-1-3/h6-13,16,28H,3-5,14-15,17H2,1-2H3,(H,30,32);3-9,14-15,17-18H,11-13H2,1-2H3,(H2,28,30,31);2-3,7-8,11-12H,4-6H2,1H3;1H,(H,2,3). The maximum Gasteiger partial charge on any atom is 0.290 e. The van der Waals surface area contributed by atoms with Crippen LogP contribution in [0.3, 0.4) is 0 Å². The molecule has 0 aliphatic carbocycles. The highest BCUT2D eigenvalue weighted by Crippen LogP contribution is 2.38. The van der Waals surface area contributed by atoms with E-state index in [4.69, 9.17) is 32.2 Å². The van der Waals surface area contributed by atoms with E-state index in [0.717, 1.165) is 121 Å². The number of carboxylic acid groups (broad SMARTS) is 1. The Labute approximate surface area is 500 Å². The van der Waals surface area contributed by atoms with Crippen molar-refractivity contribution in [3.8, 4) is 39.8 Å². The van der Waals surface area contributed by atoms with Gasteiger partial charge in [0.2, 0.25) is 5.95 Å². The van der Waals surface area contributed by atoms with Crippen molar-refractivity contribution in [2.75, 3.05) is 69.7 Å². The van der Waals surface area contributed by atoms with Crippen LogP contribution >= 0.6 is 11.6 Å². The molecule has 7 heterocycles. The Morgan fingerprint density at radius 2 is 1.49 bits per heavy atom. The number of piperidine rings is 1. The van der Waals surface area contributed by atoms with Crippen molar-refractivity contribution in [1.29, 1.82) is 5.26 Å². The number of likely N-dealkylation sites (N-methyl/N-ethyl adjacent to an activating group) is 1. The number of likely N-dealkylation sites (tertiary alicyclic amines) is 2. The summed E-state index contributed by atoms with van der Waals surface area (Å²) in [5.41, 5.74) is 19.5. The van der Waals surface area contributed by atoms with Gasteiger partial charge in [0, 0.05) is 87.5 Å². The number of carbonyl (C=O) groups is 4. The van der Waals surface area contributed by atoms with E-state index in [1.165, 1.54) is 19.3 Å². The summed E-state index contributed by atoms with van der Waals surface area (Å²) in [5.74, 6) is -0.0287. The van der Waals surface area contributed by atoms with Crippen molar-refractivity contribution in [1.82, 2.24) is 60.3 Å². The number of aldehydes is 2. The Morgan fingerprint density at radius 3 is 2.18 bits per heavy atom. The largest absolute Gasteiger partial charge is 0.483 e. The number of aromatic nitrogens is 8. The summed E-state index contributed by atoms with van der Waals surface area (Å²) in [6.07, 6.45) is 10.9. The van der Waals surface area contributed by atoms with Gasteiger partial charge in [-0.3, -0.25) is 39.1 Å². The number of nitrogen functional groups attached to an aromatic ring is 1. The lowest BCUT2D eigenvalue weighted by Gasteiger charge is -2.40. The second-order valence-corrected chi connectivity index (χ2v) is 20.7. The number of hydrogen-bond donors (Lipinski definition) is 6. The van der Waals surface area contributed by atoms with Crippen LogP contribution < -0.4 is 27.0 Å². The monoisotopic (exact) mass is 1170 g/mol. The quantitative estimate of drug-likeness (QED) is 0.0326. The number of nitrogens with two attached hydrogens (primary N) is 1. The van der Waals surface area contributed by atoms with Gasteiger partial charge in [0.15, 0.2) is 6.29 Å². The molecule has 0 bridgehead atoms. The highest BCUT2D eigenvalue weighted by atomic mass is 35.5. The lowest BCUT2D eigenvalue weighted by atomic mass is 9.98. The molecule has 8 aromatic rings. The molecule has 85 heavy (non-hydrogen) atoms. The molecular weight excluding hydrogens is 1100 g/mol. The molecule has 440 valence electrons. The highest BCUT2D eigenvalue weighted by Gasteiger charge is 2.31. The normalized spacial score (nSPS) is 13.4. The minimum Gasteiger partial charge on any atom is -0.483 e. The Balaban J connectivity index is 0.000000193. The molecule has 22 heteroatoms. The minimum atomic E-state index is -0.269. The van der Waals surface area contributed by atoms with Crippen LogP contribution in [0.25, 0.3) is 33.8 Å². The molecule has 5 aromatic heterocycles. The number of benzene rings is 3. The summed E-state index contributed by atoms with van der Waals surface area (Å²) in [7, 11) is 3.82. The Kier molecular flexibility index (Phi) is 23.9. The first-order chi connectivity index (χ1) is 41.3. The van der Waals surface area contributed by atoms with Gasteiger partial charge in [-0.15, -0.1) is 5.10 Å². The van der Waals surface area contributed by atoms with Crippen LogP contribution in [0.1, 0.15) is 92.4 Å². The number of anilines is 3. The fraction of sp³-hybridized carbons (Fsp3) is 0.302. The Bertz CT molecular complexity index is 3550. The zero-order valence-corrected chi connectivity index (χ0v) is 49.1. The molecule has 0 saturated carbocycles. The van der Waals surface area contributed by atoms with E-state index in [-0.39, 0.29) is 30.3 Å². The summed E-state index contributed by atoms with van der Waals surface area (Å²) >= 11 is 6.71. The molecule has 1 atom stereocenters. The molecule has 1 unspecified atom stereocenters. The number of hydrogen-bond acceptors (Lipinski definition) is 18. The average Bonchev–Trinajstić information content (AvgIpc) is 3.19. The van der Waals surface area contributed by atoms with Crippen LogP contribution in [-0.4, -0.2) is 133 Å². The molecule has 0 spiro atoms. The number of carbonyl (C=O) groups excluding carboxylic acids is 3. The van der Waals surface area contributed by atoms with Crippen molar-refractivity contribution in [3.05, 3.63) is 177 Å². The lowest BCUT2D eigenvalue weighted by molar-refractivity contribution is -0.123. The Hall–Kier alpha value is -9.17. The van der Waals surface area contributed by atoms with Gasteiger partial charge in [-0.25, -0.2) is 14.6 Å². The molecule has 2 aliphatic heterocycles. The van der Waals surface area contributed by atoms with Crippen LogP contribution in [0.4, 0.5) is 17.3 Å². The topological polar surface area (TPSA) is 288 Å². The van der Waals surface area contributed by atoms with Crippen LogP contribution in [0.5, 0.6) is 0 Å². The predicted molar refractivity (Wildman–Crippen MR) is 330 cm³/mol. The van der Waals surface area contributed by atoms with E-state index in [0.29, 0.717) is 51.3 Å². The van der Waals surface area contributed by atoms with E-state index < -0.39 is 0 Å². The summed E-state index contributed by atoms with van der Waals surface area (Å²) < 4.78 is 1.71. The molecule has 1 amide bonds. The lowest BCUT2D eigenvalue weighted by Crippen LogP contribution is -2.48. The van der Waals surface area contributed by atoms with E-state index in [1.54, 1.807) is 47.5 Å². The van der Waals surface area contributed by atoms with E-state index in [9.17, 15) is 19.6 Å². The van der Waals surface area contributed by atoms with Crippen LogP contribution in [0.15, 0.2) is 122 Å². The zero-order chi connectivity index (χ0) is 60.7. The first-order valence-corrected chi connectivity index (χ1v) is 28.3. The van der Waals surface area contributed by atoms with Gasteiger partial charge < -0.3 is 36.9 Å². The van der Waals surface area contributed by atoms with Crippen molar-refractivity contribution < 1.29 is 24.3 Å². The highest BCUT2D eigenvalue weighted by molar-refractivity contribution is 6.36. The van der Waals surface area contributed by atoms with Crippen LogP contribution in [0.2, 0.25) is 5.02 Å². The minimum absolute atomic E-state index is 0.116. The molecule has 10 rings (SSSR count). The molecule has 2 fully saturated rings. The molecule has 3 aromatic carbocycles. The second-order valence-electron chi connectivity index (χ2n) is 20.3. The molecule has 2 aliphatic rings. The van der Waals surface area contributed by atoms with Gasteiger partial charge in [-0.2, -0.15) is 5.26 Å². The van der Waals surface area contributed by atoms with Gasteiger partial charge in [0.05, 0.1) is 57.9 Å². The average molecular weight is 1170 g/mol. The number of rotatable bonds is 19. The maximum atomic E-state index is 12.8. The number of nitrogens with zero attached hydrogens (tertiary/aromatic N) is 11. The van der Waals surface area contributed by atoms with Gasteiger partial charge in [0.1, 0.15) is 23.4 Å². The number of nitriles is 1. The van der Waals surface area contributed by atoms with Gasteiger partial charge in [-0.1, -0.05) is 77.8 Å². The first kappa shape index (κ1) is 63.4. The van der Waals surface area contributed by atoms with Crippen molar-refractivity contribution >= 4 is 53.9 Å². The van der Waals surface area contributed by atoms with Crippen molar-refractivity contribution in [2.24, 2.45) is 5.92 Å². The number of halogens is 1. The van der Waals surface area contributed by atoms with E-state index in [2.05, 4.69) is 81.2 Å². The third-order valence-corrected chi connectivity index (χ3v) is 14.8. The number of amides is 1. The van der Waals surface area contributed by atoms with Crippen molar-refractivity contribution in [3.63, 3.8) is 0 Å². The summed E-state index contributed by atoms with van der Waals surface area (Å²) in [4.78, 5) is 69.0. The molecule has 2 saturated heterocycles. The maximum absolute atomic E-state index is 12.8. The van der Waals surface area contributed by atoms with E-state index in [1.807, 2.05) is 99.9 Å². The zero-order valence-electron chi connectivity index (χ0n) is 48.4. The van der Waals surface area contributed by atoms with Gasteiger partial charge in [-0.05, 0) is 130 Å². The summed E-state index contributed by atoms with van der Waals surface area (Å²) in [5, 5.41) is 37.7. The Morgan fingerprint density at radius 1 is 0.800 bits per heavy atom. The molecular formula is C63H71ClN16O5. The van der Waals surface area contributed by atoms with Crippen molar-refractivity contribution in [2.45, 2.75) is 65.7 Å². The molecule has 0 radical (unpaired) electrons. The predicted octanol–water partition coefficient (Wildman–Crippen LogP) is 8.69. The van der Waals surface area contributed by atoms with Gasteiger partial charge >= 0.3 is 0 Å². The summed E-state index contributed by atoms with van der Waals surface area (Å²) in [6, 6.07) is 34.7. The van der Waals surface area contributed by atoms with Crippen LogP contribution in [0, 0.1) is 31.1 Å².